The number of nitrogens with zero attached hydrogens (tertiary/aromatic N) is 1. The van der Waals surface area contributed by atoms with E-state index in [1.54, 1.807) is 12.1 Å². The Morgan fingerprint density at radius 3 is 2.72 bits per heavy atom. The summed E-state index contributed by atoms with van der Waals surface area (Å²) in [6, 6.07) is 6.56. The number of nitriles is 1. The molecular formula is C14H16FNO2. The van der Waals surface area contributed by atoms with Crippen LogP contribution in [0, 0.1) is 17.1 Å². The first-order chi connectivity index (χ1) is 8.70. The average molecular weight is 249 g/mol. The van der Waals surface area contributed by atoms with E-state index in [0.29, 0.717) is 5.56 Å². The number of aliphatic hydroxyl groups excluding tert-OH is 1. The third kappa shape index (κ3) is 3.06. The molecule has 4 heteroatoms. The van der Waals surface area contributed by atoms with Crippen LogP contribution in [0.4, 0.5) is 4.39 Å². The largest absolute Gasteiger partial charge is 0.393 e. The maximum Gasteiger partial charge on any atom is 0.146 e. The Kier molecular flexibility index (Phi) is 4.29. The molecule has 0 atom stereocenters. The second-order valence-electron chi connectivity index (χ2n) is 4.63. The van der Waals surface area contributed by atoms with Gasteiger partial charge in [0.25, 0.3) is 0 Å². The third-order valence-corrected chi connectivity index (χ3v) is 3.32. The molecule has 0 radical (unpaired) electrons. The summed E-state index contributed by atoms with van der Waals surface area (Å²) in [6.07, 6.45) is 2.96. The summed E-state index contributed by atoms with van der Waals surface area (Å²) in [5.41, 5.74) is 0.468. The van der Waals surface area contributed by atoms with Crippen LogP contribution in [0.15, 0.2) is 18.2 Å². The van der Waals surface area contributed by atoms with Crippen LogP contribution >= 0.6 is 0 Å². The van der Waals surface area contributed by atoms with E-state index in [1.807, 2.05) is 6.07 Å². The molecular weight excluding hydrogens is 233 g/mol. The van der Waals surface area contributed by atoms with Gasteiger partial charge in [-0.25, -0.2) is 4.39 Å². The number of hydrogen-bond acceptors (Lipinski definition) is 3. The monoisotopic (exact) mass is 249 g/mol. The van der Waals surface area contributed by atoms with Gasteiger partial charge in [0.2, 0.25) is 0 Å². The molecule has 1 N–H and O–H groups in total. The van der Waals surface area contributed by atoms with Crippen LogP contribution < -0.4 is 0 Å². The minimum absolute atomic E-state index is 0.0511. The zero-order chi connectivity index (χ0) is 13.0. The molecule has 0 aromatic heterocycles. The van der Waals surface area contributed by atoms with Gasteiger partial charge in [-0.15, -0.1) is 0 Å². The lowest BCUT2D eigenvalue weighted by Crippen LogP contribution is -2.24. The molecule has 0 aliphatic heterocycles. The van der Waals surface area contributed by atoms with Gasteiger partial charge in [-0.3, -0.25) is 0 Å². The lowest BCUT2D eigenvalue weighted by molar-refractivity contribution is -0.0127. The summed E-state index contributed by atoms with van der Waals surface area (Å²) in [5, 5.41) is 18.1. The van der Waals surface area contributed by atoms with Crippen molar-refractivity contribution in [1.29, 1.82) is 5.26 Å². The first kappa shape index (κ1) is 13.0. The SMILES string of the molecule is N#Cc1cccc(COC2CCC(O)CC2)c1F. The molecule has 1 saturated carbocycles. The van der Waals surface area contributed by atoms with E-state index in [2.05, 4.69) is 0 Å². The van der Waals surface area contributed by atoms with Gasteiger partial charge in [0.05, 0.1) is 24.4 Å². The van der Waals surface area contributed by atoms with Gasteiger partial charge in [0.15, 0.2) is 0 Å². The molecule has 0 amide bonds. The number of halogens is 1. The van der Waals surface area contributed by atoms with E-state index in [-0.39, 0.29) is 24.4 Å². The van der Waals surface area contributed by atoms with Crippen molar-refractivity contribution >= 4 is 0 Å². The molecule has 96 valence electrons. The number of benzene rings is 1. The van der Waals surface area contributed by atoms with Crippen molar-refractivity contribution in [2.45, 2.75) is 44.5 Å². The van der Waals surface area contributed by atoms with Crippen molar-refractivity contribution in [3.63, 3.8) is 0 Å². The highest BCUT2D eigenvalue weighted by Crippen LogP contribution is 2.23. The van der Waals surface area contributed by atoms with Crippen molar-refractivity contribution in [1.82, 2.24) is 0 Å². The topological polar surface area (TPSA) is 53.2 Å². The lowest BCUT2D eigenvalue weighted by Gasteiger charge is -2.25. The summed E-state index contributed by atoms with van der Waals surface area (Å²) in [5.74, 6) is -0.490. The van der Waals surface area contributed by atoms with Crippen LogP contribution in [0.3, 0.4) is 0 Å². The zero-order valence-electron chi connectivity index (χ0n) is 10.1. The molecule has 0 bridgehead atoms. The maximum atomic E-state index is 13.7. The quantitative estimate of drug-likeness (QED) is 0.895. The second-order valence-corrected chi connectivity index (χ2v) is 4.63. The molecule has 0 saturated heterocycles. The van der Waals surface area contributed by atoms with Crippen LogP contribution in [0.25, 0.3) is 0 Å². The molecule has 3 nitrogen and oxygen atoms in total. The Bertz CT molecular complexity index is 448. The molecule has 1 fully saturated rings. The molecule has 0 spiro atoms. The number of rotatable bonds is 3. The third-order valence-electron chi connectivity index (χ3n) is 3.32. The summed E-state index contributed by atoms with van der Waals surface area (Å²) in [4.78, 5) is 0. The van der Waals surface area contributed by atoms with Crippen LogP contribution in [-0.4, -0.2) is 17.3 Å². The molecule has 0 unspecified atom stereocenters. The van der Waals surface area contributed by atoms with E-state index >= 15 is 0 Å². The minimum atomic E-state index is -0.490. The van der Waals surface area contributed by atoms with Gasteiger partial charge in [-0.2, -0.15) is 5.26 Å². The molecule has 0 heterocycles. The summed E-state index contributed by atoms with van der Waals surface area (Å²) in [6.45, 7) is 0.183. The van der Waals surface area contributed by atoms with Crippen molar-refractivity contribution in [2.75, 3.05) is 0 Å². The van der Waals surface area contributed by atoms with Crippen molar-refractivity contribution in [3.05, 3.63) is 35.1 Å². The predicted octanol–water partition coefficient (Wildman–Crippen LogP) is 2.52. The van der Waals surface area contributed by atoms with Crippen molar-refractivity contribution < 1.29 is 14.2 Å². The average Bonchev–Trinajstić information content (AvgIpc) is 2.39. The minimum Gasteiger partial charge on any atom is -0.393 e. The van der Waals surface area contributed by atoms with Crippen LogP contribution in [-0.2, 0) is 11.3 Å². The Hall–Kier alpha value is -1.44. The van der Waals surface area contributed by atoms with Gasteiger partial charge in [-0.1, -0.05) is 12.1 Å². The summed E-state index contributed by atoms with van der Waals surface area (Å²) >= 11 is 0. The van der Waals surface area contributed by atoms with Crippen LogP contribution in [0.1, 0.15) is 36.8 Å². The number of hydrogen-bond donors (Lipinski definition) is 1. The van der Waals surface area contributed by atoms with Crippen LogP contribution in [0.5, 0.6) is 0 Å². The normalized spacial score (nSPS) is 23.6. The fraction of sp³-hybridized carbons (Fsp3) is 0.500. The predicted molar refractivity (Wildman–Crippen MR) is 64.2 cm³/mol. The van der Waals surface area contributed by atoms with Gasteiger partial charge in [0.1, 0.15) is 11.9 Å². The Morgan fingerprint density at radius 2 is 2.06 bits per heavy atom. The molecule has 1 aliphatic rings. The Morgan fingerprint density at radius 1 is 1.33 bits per heavy atom. The first-order valence-corrected chi connectivity index (χ1v) is 6.18. The van der Waals surface area contributed by atoms with Gasteiger partial charge < -0.3 is 9.84 Å². The molecule has 1 aromatic rings. The lowest BCUT2D eigenvalue weighted by atomic mass is 9.95. The standard InChI is InChI=1S/C14H16FNO2/c15-14-10(8-16)2-1-3-11(14)9-18-13-6-4-12(17)5-7-13/h1-3,12-13,17H,4-7,9H2. The zero-order valence-corrected chi connectivity index (χ0v) is 10.1. The smallest absolute Gasteiger partial charge is 0.146 e. The number of aliphatic hydroxyl groups is 1. The van der Waals surface area contributed by atoms with Gasteiger partial charge in [-0.05, 0) is 31.7 Å². The fourth-order valence-electron chi connectivity index (χ4n) is 2.20. The molecule has 1 aromatic carbocycles. The van der Waals surface area contributed by atoms with E-state index in [9.17, 15) is 9.50 Å². The maximum absolute atomic E-state index is 13.7. The van der Waals surface area contributed by atoms with E-state index in [1.165, 1.54) is 6.07 Å². The van der Waals surface area contributed by atoms with Crippen molar-refractivity contribution in [3.8, 4) is 6.07 Å². The highest BCUT2D eigenvalue weighted by Gasteiger charge is 2.20. The first-order valence-electron chi connectivity index (χ1n) is 6.18. The Balaban J connectivity index is 1.93. The Labute approximate surface area is 106 Å². The van der Waals surface area contributed by atoms with Gasteiger partial charge in [0, 0.05) is 5.56 Å². The van der Waals surface area contributed by atoms with E-state index in [0.717, 1.165) is 25.7 Å². The number of ether oxygens (including phenoxy) is 1. The molecule has 1 aliphatic carbocycles. The van der Waals surface area contributed by atoms with Crippen molar-refractivity contribution in [2.24, 2.45) is 0 Å². The van der Waals surface area contributed by atoms with E-state index < -0.39 is 5.82 Å². The summed E-state index contributed by atoms with van der Waals surface area (Å²) < 4.78 is 19.4. The highest BCUT2D eigenvalue weighted by atomic mass is 19.1. The highest BCUT2D eigenvalue weighted by molar-refractivity contribution is 5.34. The molecule has 18 heavy (non-hydrogen) atoms. The fourth-order valence-corrected chi connectivity index (χ4v) is 2.20. The van der Waals surface area contributed by atoms with Gasteiger partial charge >= 0.3 is 0 Å². The van der Waals surface area contributed by atoms with E-state index in [4.69, 9.17) is 10.00 Å². The second kappa shape index (κ2) is 5.94. The molecule has 2 rings (SSSR count). The summed E-state index contributed by atoms with van der Waals surface area (Å²) in [7, 11) is 0. The van der Waals surface area contributed by atoms with Crippen LogP contribution in [0.2, 0.25) is 0 Å².